The van der Waals surface area contributed by atoms with Crippen LogP contribution < -0.4 is 4.74 Å². The van der Waals surface area contributed by atoms with Crippen LogP contribution in [0, 0.1) is 23.2 Å². The van der Waals surface area contributed by atoms with Crippen LogP contribution in [0.5, 0.6) is 5.75 Å². The van der Waals surface area contributed by atoms with E-state index in [1.165, 1.54) is 19.3 Å². The van der Waals surface area contributed by atoms with Gasteiger partial charge in [-0.05, 0) is 68.4 Å². The highest BCUT2D eigenvalue weighted by atomic mass is 32.1. The summed E-state index contributed by atoms with van der Waals surface area (Å²) in [6.45, 7) is 0.412. The first-order valence-corrected chi connectivity index (χ1v) is 11.0. The number of ketones is 1. The number of benzene rings is 1. The number of hydrogen-bond acceptors (Lipinski definition) is 4. The highest BCUT2D eigenvalue weighted by molar-refractivity contribution is 7.13. The van der Waals surface area contributed by atoms with E-state index in [0.717, 1.165) is 64.5 Å². The molecule has 27 heavy (non-hydrogen) atoms. The van der Waals surface area contributed by atoms with Gasteiger partial charge < -0.3 is 4.74 Å². The number of Topliss-reactive ketones (excluding diaryl/α,β-unsaturated/α-hetero) is 1. The van der Waals surface area contributed by atoms with Crippen LogP contribution in [0.4, 0.5) is 0 Å². The smallest absolute Gasteiger partial charge is 0.168 e. The Labute approximate surface area is 163 Å². The fourth-order valence-electron chi connectivity index (χ4n) is 6.52. The van der Waals surface area contributed by atoms with Crippen LogP contribution in [-0.4, -0.2) is 17.4 Å². The van der Waals surface area contributed by atoms with Crippen LogP contribution in [-0.2, 0) is 4.79 Å². The molecule has 2 heterocycles. The molecule has 4 fully saturated rings. The third-order valence-electron chi connectivity index (χ3n) is 7.22. The van der Waals surface area contributed by atoms with E-state index in [9.17, 15) is 4.79 Å². The van der Waals surface area contributed by atoms with Gasteiger partial charge >= 0.3 is 0 Å². The van der Waals surface area contributed by atoms with Gasteiger partial charge in [-0.15, -0.1) is 11.3 Å². The SMILES string of the molecule is O=C(C1=Cc2ccc(-c3nccs3)cc2OC1)C12CC3CC(CC(C3)C1)C2. The number of carbonyl (C=O) groups is 1. The summed E-state index contributed by atoms with van der Waals surface area (Å²) in [5, 5.41) is 2.98. The maximum atomic E-state index is 13.6. The maximum Gasteiger partial charge on any atom is 0.168 e. The van der Waals surface area contributed by atoms with Gasteiger partial charge in [-0.2, -0.15) is 0 Å². The second-order valence-electron chi connectivity index (χ2n) is 9.08. The molecule has 0 radical (unpaired) electrons. The predicted molar refractivity (Wildman–Crippen MR) is 107 cm³/mol. The molecule has 4 bridgehead atoms. The Morgan fingerprint density at radius 1 is 1.11 bits per heavy atom. The normalized spacial score (nSPS) is 33.3. The summed E-state index contributed by atoms with van der Waals surface area (Å²) in [4.78, 5) is 17.9. The molecule has 1 aliphatic heterocycles. The quantitative estimate of drug-likeness (QED) is 0.722. The molecular weight excluding hydrogens is 354 g/mol. The van der Waals surface area contributed by atoms with Crippen molar-refractivity contribution < 1.29 is 9.53 Å². The number of fused-ring (bicyclic) bond motifs is 1. The highest BCUT2D eigenvalue weighted by Gasteiger charge is 2.55. The monoisotopic (exact) mass is 377 g/mol. The molecule has 5 aliphatic rings. The second-order valence-corrected chi connectivity index (χ2v) is 9.97. The van der Waals surface area contributed by atoms with Crippen LogP contribution in [0.15, 0.2) is 35.3 Å². The van der Waals surface area contributed by atoms with Crippen LogP contribution in [0.2, 0.25) is 0 Å². The summed E-state index contributed by atoms with van der Waals surface area (Å²) >= 11 is 1.63. The average molecular weight is 378 g/mol. The van der Waals surface area contributed by atoms with Crippen LogP contribution >= 0.6 is 11.3 Å². The first-order chi connectivity index (χ1) is 13.2. The molecule has 7 rings (SSSR count). The molecule has 1 aromatic heterocycles. The molecule has 0 amide bonds. The van der Waals surface area contributed by atoms with Gasteiger partial charge in [-0.25, -0.2) is 4.98 Å². The molecular formula is C23H23NO2S. The molecule has 0 N–H and O–H groups in total. The predicted octanol–water partition coefficient (Wildman–Crippen LogP) is 5.37. The van der Waals surface area contributed by atoms with Gasteiger partial charge in [0, 0.05) is 33.7 Å². The van der Waals surface area contributed by atoms with Gasteiger partial charge in [0.05, 0.1) is 0 Å². The molecule has 2 aromatic rings. The minimum atomic E-state index is -0.0811. The van der Waals surface area contributed by atoms with Gasteiger partial charge in [0.25, 0.3) is 0 Å². The summed E-state index contributed by atoms with van der Waals surface area (Å²) in [6, 6.07) is 6.20. The Bertz CT molecular complexity index is 908. The number of rotatable bonds is 3. The van der Waals surface area contributed by atoms with Gasteiger partial charge in [-0.1, -0.05) is 12.1 Å². The number of hydrogen-bond donors (Lipinski definition) is 0. The van der Waals surface area contributed by atoms with Crippen molar-refractivity contribution >= 4 is 23.2 Å². The Balaban J connectivity index is 1.31. The largest absolute Gasteiger partial charge is 0.488 e. The fraction of sp³-hybridized carbons (Fsp3) is 0.478. The van der Waals surface area contributed by atoms with E-state index in [4.69, 9.17) is 4.74 Å². The zero-order valence-corrected chi connectivity index (χ0v) is 16.1. The number of carbonyl (C=O) groups excluding carboxylic acids is 1. The lowest BCUT2D eigenvalue weighted by molar-refractivity contribution is -0.140. The first kappa shape index (κ1) is 16.1. The van der Waals surface area contributed by atoms with Crippen molar-refractivity contribution in [1.29, 1.82) is 0 Å². The lowest BCUT2D eigenvalue weighted by atomic mass is 9.48. The van der Waals surface area contributed by atoms with Crippen molar-refractivity contribution in [3.05, 3.63) is 40.9 Å². The minimum absolute atomic E-state index is 0.0811. The third kappa shape index (κ3) is 2.53. The first-order valence-electron chi connectivity index (χ1n) is 10.1. The lowest BCUT2D eigenvalue weighted by Crippen LogP contribution is -2.50. The molecule has 3 nitrogen and oxygen atoms in total. The molecule has 0 unspecified atom stereocenters. The fourth-order valence-corrected chi connectivity index (χ4v) is 7.16. The van der Waals surface area contributed by atoms with Crippen LogP contribution in [0.1, 0.15) is 44.1 Å². The van der Waals surface area contributed by atoms with Gasteiger partial charge in [0.1, 0.15) is 17.4 Å². The number of nitrogens with zero attached hydrogens (tertiary/aromatic N) is 1. The van der Waals surface area contributed by atoms with E-state index >= 15 is 0 Å². The Kier molecular flexibility index (Phi) is 3.44. The van der Waals surface area contributed by atoms with Crippen molar-refractivity contribution in [2.24, 2.45) is 23.2 Å². The van der Waals surface area contributed by atoms with Crippen molar-refractivity contribution in [3.63, 3.8) is 0 Å². The molecule has 0 spiro atoms. The van der Waals surface area contributed by atoms with E-state index < -0.39 is 0 Å². The van der Waals surface area contributed by atoms with Crippen LogP contribution in [0.25, 0.3) is 16.6 Å². The van der Waals surface area contributed by atoms with E-state index in [0.29, 0.717) is 12.4 Å². The van der Waals surface area contributed by atoms with Crippen molar-refractivity contribution in [1.82, 2.24) is 4.98 Å². The average Bonchev–Trinajstić information content (AvgIpc) is 3.20. The number of thiazole rings is 1. The molecule has 4 aliphatic carbocycles. The van der Waals surface area contributed by atoms with E-state index in [2.05, 4.69) is 29.3 Å². The molecule has 4 saturated carbocycles. The topological polar surface area (TPSA) is 39.2 Å². The summed E-state index contributed by atoms with van der Waals surface area (Å²) < 4.78 is 6.05. The molecule has 0 saturated heterocycles. The van der Waals surface area contributed by atoms with Gasteiger partial charge in [0.2, 0.25) is 0 Å². The summed E-state index contributed by atoms with van der Waals surface area (Å²) in [6.07, 6.45) is 11.4. The second kappa shape index (κ2) is 5.78. The maximum absolute atomic E-state index is 13.6. The van der Waals surface area contributed by atoms with E-state index in [-0.39, 0.29) is 5.41 Å². The van der Waals surface area contributed by atoms with Gasteiger partial charge in [0.15, 0.2) is 5.78 Å². The Hall–Kier alpha value is -1.94. The summed E-state index contributed by atoms with van der Waals surface area (Å²) in [7, 11) is 0. The van der Waals surface area contributed by atoms with Gasteiger partial charge in [-0.3, -0.25) is 4.79 Å². The van der Waals surface area contributed by atoms with Crippen molar-refractivity contribution in [3.8, 4) is 16.3 Å². The molecule has 0 atom stereocenters. The standard InChI is InChI=1S/C23H23NO2S/c25-21(23-10-14-5-15(11-23)7-16(6-14)12-23)19-8-17-1-2-18(9-20(17)26-13-19)22-24-3-4-27-22/h1-4,8-9,14-16H,5-7,10-13H2. The van der Waals surface area contributed by atoms with Crippen molar-refractivity contribution in [2.75, 3.05) is 6.61 Å². The zero-order valence-electron chi connectivity index (χ0n) is 15.3. The summed E-state index contributed by atoms with van der Waals surface area (Å²) in [5.41, 5.74) is 2.90. The molecule has 1 aromatic carbocycles. The third-order valence-corrected chi connectivity index (χ3v) is 8.04. The molecule has 138 valence electrons. The number of aromatic nitrogens is 1. The molecule has 4 heteroatoms. The van der Waals surface area contributed by atoms with Crippen LogP contribution in [0.3, 0.4) is 0 Å². The Morgan fingerprint density at radius 2 is 1.85 bits per heavy atom. The van der Waals surface area contributed by atoms with E-state index in [1.54, 1.807) is 11.3 Å². The minimum Gasteiger partial charge on any atom is -0.488 e. The Morgan fingerprint density at radius 3 is 2.52 bits per heavy atom. The van der Waals surface area contributed by atoms with Crippen molar-refractivity contribution in [2.45, 2.75) is 38.5 Å². The summed E-state index contributed by atoms with van der Waals surface area (Å²) in [5.74, 6) is 3.62. The lowest BCUT2D eigenvalue weighted by Gasteiger charge is -2.56. The number of ether oxygens (including phenoxy) is 1. The van der Waals surface area contributed by atoms with E-state index in [1.807, 2.05) is 11.6 Å². The highest BCUT2D eigenvalue weighted by Crippen LogP contribution is 2.61. The zero-order chi connectivity index (χ0) is 18.0.